The summed E-state index contributed by atoms with van der Waals surface area (Å²) in [5.74, 6) is -0.395. The quantitative estimate of drug-likeness (QED) is 0.647. The molecule has 1 aromatic carbocycles. The number of carbonyl (C=O) groups excluding carboxylic acids is 1. The molecule has 1 saturated heterocycles. The first kappa shape index (κ1) is 14.7. The molecule has 0 radical (unpaired) electrons. The van der Waals surface area contributed by atoms with Gasteiger partial charge in [-0.3, -0.25) is 14.9 Å². The molecular weight excluding hydrogens is 289 g/mol. The van der Waals surface area contributed by atoms with Crippen LogP contribution in [-0.2, 0) is 0 Å². The Hall–Kier alpha value is -1.73. The van der Waals surface area contributed by atoms with E-state index in [4.69, 9.17) is 0 Å². The van der Waals surface area contributed by atoms with E-state index in [-0.39, 0.29) is 24.0 Å². The van der Waals surface area contributed by atoms with Crippen LogP contribution in [0.25, 0.3) is 0 Å². The van der Waals surface area contributed by atoms with Gasteiger partial charge in [-0.05, 0) is 24.0 Å². The van der Waals surface area contributed by atoms with Crippen molar-refractivity contribution < 1.29 is 14.1 Å². The highest BCUT2D eigenvalue weighted by Gasteiger charge is 2.53. The monoisotopic (exact) mass is 301 g/mol. The van der Waals surface area contributed by atoms with E-state index in [2.05, 4.69) is 10.6 Å². The summed E-state index contributed by atoms with van der Waals surface area (Å²) in [6.07, 6.45) is 0. The van der Waals surface area contributed by atoms with Crippen molar-refractivity contribution in [2.45, 2.75) is 6.04 Å². The molecule has 2 N–H and O–H groups in total. The van der Waals surface area contributed by atoms with E-state index in [0.29, 0.717) is 11.8 Å². The molecular formula is C12H13ClFN3O3. The maximum Gasteiger partial charge on any atom is 0.285 e. The van der Waals surface area contributed by atoms with Crippen LogP contribution in [0.3, 0.4) is 0 Å². The molecule has 2 fully saturated rings. The number of nitro benzene ring substituents is 1. The van der Waals surface area contributed by atoms with Crippen molar-refractivity contribution in [2.24, 2.45) is 11.8 Å². The molecule has 0 bridgehead atoms. The van der Waals surface area contributed by atoms with Gasteiger partial charge < -0.3 is 10.6 Å². The van der Waals surface area contributed by atoms with E-state index >= 15 is 0 Å². The molecule has 1 saturated carbocycles. The first-order valence-corrected chi connectivity index (χ1v) is 6.03. The molecule has 0 aromatic heterocycles. The predicted octanol–water partition coefficient (Wildman–Crippen LogP) is 1.10. The number of hydrogen-bond acceptors (Lipinski definition) is 4. The molecule has 8 heteroatoms. The van der Waals surface area contributed by atoms with E-state index in [1.165, 1.54) is 0 Å². The number of amides is 1. The van der Waals surface area contributed by atoms with Gasteiger partial charge in [0, 0.05) is 19.1 Å². The zero-order chi connectivity index (χ0) is 13.6. The summed E-state index contributed by atoms with van der Waals surface area (Å²) >= 11 is 0. The van der Waals surface area contributed by atoms with E-state index in [0.717, 1.165) is 31.3 Å². The fourth-order valence-electron chi connectivity index (χ4n) is 2.71. The largest absolute Gasteiger partial charge is 0.348 e. The number of hydrogen-bond donors (Lipinski definition) is 2. The Balaban J connectivity index is 0.00000147. The lowest BCUT2D eigenvalue weighted by molar-refractivity contribution is -0.385. The lowest BCUT2D eigenvalue weighted by Gasteiger charge is -2.08. The second-order valence-electron chi connectivity index (χ2n) is 4.90. The second kappa shape index (κ2) is 5.34. The average Bonchev–Trinajstić information content (AvgIpc) is 2.82. The fraction of sp³-hybridized carbons (Fsp3) is 0.417. The van der Waals surface area contributed by atoms with Gasteiger partial charge in [-0.25, -0.2) is 4.39 Å². The Morgan fingerprint density at radius 3 is 2.65 bits per heavy atom. The summed E-state index contributed by atoms with van der Waals surface area (Å²) in [5, 5.41) is 16.8. The van der Waals surface area contributed by atoms with Crippen molar-refractivity contribution in [1.29, 1.82) is 0 Å². The van der Waals surface area contributed by atoms with E-state index in [9.17, 15) is 19.3 Å². The fourth-order valence-corrected chi connectivity index (χ4v) is 2.71. The minimum absolute atomic E-state index is 0. The number of nitrogens with one attached hydrogen (secondary N) is 2. The summed E-state index contributed by atoms with van der Waals surface area (Å²) < 4.78 is 13.0. The Morgan fingerprint density at radius 1 is 1.40 bits per heavy atom. The molecule has 1 amide bonds. The lowest BCUT2D eigenvalue weighted by atomic mass is 10.1. The van der Waals surface area contributed by atoms with Gasteiger partial charge in [0.2, 0.25) is 0 Å². The maximum absolute atomic E-state index is 13.0. The number of halogens is 2. The van der Waals surface area contributed by atoms with Crippen LogP contribution in [-0.4, -0.2) is 30.0 Å². The number of fused-ring (bicyclic) bond motifs is 1. The summed E-state index contributed by atoms with van der Waals surface area (Å²) in [6.45, 7) is 1.72. The van der Waals surface area contributed by atoms with Crippen LogP contribution in [0.15, 0.2) is 18.2 Å². The van der Waals surface area contributed by atoms with Crippen molar-refractivity contribution in [3.63, 3.8) is 0 Å². The Morgan fingerprint density at radius 2 is 2.05 bits per heavy atom. The van der Waals surface area contributed by atoms with Crippen molar-refractivity contribution in [2.75, 3.05) is 13.1 Å². The Kier molecular flexibility index (Phi) is 3.92. The molecule has 2 unspecified atom stereocenters. The smallest absolute Gasteiger partial charge is 0.285 e. The van der Waals surface area contributed by atoms with Crippen LogP contribution in [0.1, 0.15) is 10.4 Å². The first-order valence-electron chi connectivity index (χ1n) is 6.03. The second-order valence-corrected chi connectivity index (χ2v) is 4.90. The van der Waals surface area contributed by atoms with E-state index < -0.39 is 22.3 Å². The molecule has 1 aliphatic carbocycles. The van der Waals surface area contributed by atoms with Crippen LogP contribution in [0.4, 0.5) is 10.1 Å². The van der Waals surface area contributed by atoms with Gasteiger partial charge in [0.1, 0.15) is 11.4 Å². The standard InChI is InChI=1S/C12H12FN3O3.ClH/c13-6-1-2-7(10(3-6)16(18)19)12(17)15-11-8-4-14-5-9(8)11;/h1-3,8-9,11,14H,4-5H2,(H,15,17);1H. The van der Waals surface area contributed by atoms with E-state index in [1.807, 2.05) is 0 Å². The van der Waals surface area contributed by atoms with Crippen LogP contribution in [0.2, 0.25) is 0 Å². The molecule has 2 atom stereocenters. The molecule has 108 valence electrons. The molecule has 1 aliphatic heterocycles. The topological polar surface area (TPSA) is 84.3 Å². The zero-order valence-electron chi connectivity index (χ0n) is 10.3. The van der Waals surface area contributed by atoms with Crippen molar-refractivity contribution in [3.8, 4) is 0 Å². The van der Waals surface area contributed by atoms with Crippen LogP contribution in [0.5, 0.6) is 0 Å². The number of nitrogens with zero attached hydrogens (tertiary/aromatic N) is 1. The summed E-state index contributed by atoms with van der Waals surface area (Å²) in [5.41, 5.74) is -0.592. The van der Waals surface area contributed by atoms with Crippen molar-refractivity contribution in [1.82, 2.24) is 10.6 Å². The molecule has 6 nitrogen and oxygen atoms in total. The van der Waals surface area contributed by atoms with Gasteiger partial charge in [0.25, 0.3) is 11.6 Å². The zero-order valence-corrected chi connectivity index (χ0v) is 11.2. The number of piperidine rings is 1. The number of nitro groups is 1. The summed E-state index contributed by atoms with van der Waals surface area (Å²) in [6, 6.07) is 3.05. The Bertz CT molecular complexity index is 559. The molecule has 20 heavy (non-hydrogen) atoms. The number of rotatable bonds is 3. The van der Waals surface area contributed by atoms with E-state index in [1.54, 1.807) is 0 Å². The molecule has 0 spiro atoms. The van der Waals surface area contributed by atoms with Crippen LogP contribution < -0.4 is 10.6 Å². The van der Waals surface area contributed by atoms with Crippen LogP contribution in [0, 0.1) is 27.8 Å². The van der Waals surface area contributed by atoms with Crippen molar-refractivity contribution >= 4 is 24.0 Å². The van der Waals surface area contributed by atoms with Gasteiger partial charge >= 0.3 is 0 Å². The highest BCUT2D eigenvalue weighted by atomic mass is 35.5. The minimum Gasteiger partial charge on any atom is -0.348 e. The lowest BCUT2D eigenvalue weighted by Crippen LogP contribution is -2.32. The summed E-state index contributed by atoms with van der Waals surface area (Å²) in [7, 11) is 0. The van der Waals surface area contributed by atoms with Gasteiger partial charge in [-0.2, -0.15) is 0 Å². The summed E-state index contributed by atoms with van der Waals surface area (Å²) in [4.78, 5) is 22.1. The SMILES string of the molecule is Cl.O=C(NC1C2CNCC21)c1ccc(F)cc1[N+](=O)[O-]. The highest BCUT2D eigenvalue weighted by molar-refractivity contribution is 5.98. The van der Waals surface area contributed by atoms with Crippen LogP contribution >= 0.6 is 12.4 Å². The van der Waals surface area contributed by atoms with Crippen molar-refractivity contribution in [3.05, 3.63) is 39.7 Å². The third-order valence-corrected chi connectivity index (χ3v) is 3.79. The van der Waals surface area contributed by atoms with Gasteiger partial charge in [0.15, 0.2) is 0 Å². The normalized spacial score (nSPS) is 26.4. The highest BCUT2D eigenvalue weighted by Crippen LogP contribution is 2.41. The minimum atomic E-state index is -0.743. The average molecular weight is 302 g/mol. The molecule has 2 aliphatic rings. The molecule has 1 aromatic rings. The predicted molar refractivity (Wildman–Crippen MR) is 71.4 cm³/mol. The van der Waals surface area contributed by atoms with Gasteiger partial charge in [-0.1, -0.05) is 0 Å². The van der Waals surface area contributed by atoms with Gasteiger partial charge in [0.05, 0.1) is 11.0 Å². The third-order valence-electron chi connectivity index (χ3n) is 3.79. The third kappa shape index (κ3) is 2.46. The molecule has 3 rings (SSSR count). The number of benzene rings is 1. The van der Waals surface area contributed by atoms with Gasteiger partial charge in [-0.15, -0.1) is 12.4 Å². The maximum atomic E-state index is 13.0. The number of carbonyl (C=O) groups is 1. The molecule has 1 heterocycles. The Labute approximate surface area is 120 Å². The first-order chi connectivity index (χ1) is 9.08.